The molecule has 0 aromatic heterocycles. The minimum atomic E-state index is 0.107. The molecule has 0 spiro atoms. The molecule has 0 fully saturated rings. The third-order valence-corrected chi connectivity index (χ3v) is 3.41. The molecule has 3 heteroatoms. The lowest BCUT2D eigenvalue weighted by Gasteiger charge is -2.29. The van der Waals surface area contributed by atoms with Crippen LogP contribution in [0.1, 0.15) is 42.9 Å². The molecule has 1 aliphatic carbocycles. The van der Waals surface area contributed by atoms with Gasteiger partial charge in [0.1, 0.15) is 11.5 Å². The molecular formula is C13H19NO2. The van der Waals surface area contributed by atoms with Crippen molar-refractivity contribution < 1.29 is 9.47 Å². The number of ether oxygens (including phenoxy) is 2. The van der Waals surface area contributed by atoms with E-state index in [2.05, 4.69) is 6.92 Å². The second-order valence-electron chi connectivity index (χ2n) is 4.42. The Kier molecular flexibility index (Phi) is 3.06. The summed E-state index contributed by atoms with van der Waals surface area (Å²) in [6.45, 7) is 2.22. The number of methoxy groups -OCH3 is 2. The van der Waals surface area contributed by atoms with Crippen LogP contribution in [0.15, 0.2) is 12.1 Å². The molecule has 2 rings (SSSR count). The molecule has 0 aliphatic heterocycles. The predicted octanol–water partition coefficient (Wildman–Crippen LogP) is 2.60. The van der Waals surface area contributed by atoms with Gasteiger partial charge in [-0.1, -0.05) is 6.92 Å². The standard InChI is InChI=1S/C13H19NO2/c1-8-4-5-11(14)10-6-9(15-2)7-12(16-3)13(8)10/h6-8,11H,4-5,14H2,1-3H3/t8?,11-/m1/s1. The van der Waals surface area contributed by atoms with Gasteiger partial charge in [0.05, 0.1) is 14.2 Å². The van der Waals surface area contributed by atoms with Crippen LogP contribution in [-0.2, 0) is 0 Å². The molecule has 88 valence electrons. The molecule has 0 saturated heterocycles. The van der Waals surface area contributed by atoms with Gasteiger partial charge in [0.25, 0.3) is 0 Å². The molecule has 0 amide bonds. The first-order chi connectivity index (χ1) is 7.67. The smallest absolute Gasteiger partial charge is 0.126 e. The zero-order valence-electron chi connectivity index (χ0n) is 10.1. The van der Waals surface area contributed by atoms with E-state index in [1.165, 1.54) is 11.1 Å². The van der Waals surface area contributed by atoms with E-state index >= 15 is 0 Å². The minimum absolute atomic E-state index is 0.107. The number of fused-ring (bicyclic) bond motifs is 1. The van der Waals surface area contributed by atoms with Crippen LogP contribution < -0.4 is 15.2 Å². The minimum Gasteiger partial charge on any atom is -0.497 e. The summed E-state index contributed by atoms with van der Waals surface area (Å²) < 4.78 is 10.7. The molecule has 0 saturated carbocycles. The summed E-state index contributed by atoms with van der Waals surface area (Å²) in [5.74, 6) is 2.23. The molecule has 1 unspecified atom stereocenters. The monoisotopic (exact) mass is 221 g/mol. The van der Waals surface area contributed by atoms with E-state index in [-0.39, 0.29) is 6.04 Å². The topological polar surface area (TPSA) is 44.5 Å². The lowest BCUT2D eigenvalue weighted by Crippen LogP contribution is -2.20. The summed E-state index contributed by atoms with van der Waals surface area (Å²) in [5.41, 5.74) is 8.57. The molecule has 1 aliphatic rings. The highest BCUT2D eigenvalue weighted by Gasteiger charge is 2.26. The van der Waals surface area contributed by atoms with Gasteiger partial charge >= 0.3 is 0 Å². The van der Waals surface area contributed by atoms with Gasteiger partial charge in [-0.25, -0.2) is 0 Å². The molecule has 2 N–H and O–H groups in total. The first kappa shape index (κ1) is 11.3. The van der Waals surface area contributed by atoms with Crippen LogP contribution in [0.2, 0.25) is 0 Å². The highest BCUT2D eigenvalue weighted by Crippen LogP contribution is 2.43. The number of rotatable bonds is 2. The summed E-state index contributed by atoms with van der Waals surface area (Å²) in [6.07, 6.45) is 2.15. The Morgan fingerprint density at radius 3 is 2.56 bits per heavy atom. The van der Waals surface area contributed by atoms with Crippen LogP contribution in [0, 0.1) is 0 Å². The van der Waals surface area contributed by atoms with Gasteiger partial charge in [-0.3, -0.25) is 0 Å². The Labute approximate surface area is 96.5 Å². The third kappa shape index (κ3) is 1.76. The summed E-state index contributed by atoms with van der Waals surface area (Å²) >= 11 is 0. The van der Waals surface area contributed by atoms with Crippen molar-refractivity contribution in [3.05, 3.63) is 23.3 Å². The van der Waals surface area contributed by atoms with Gasteiger partial charge in [0.2, 0.25) is 0 Å². The average molecular weight is 221 g/mol. The number of hydrogen-bond acceptors (Lipinski definition) is 3. The number of hydrogen-bond donors (Lipinski definition) is 1. The first-order valence-electron chi connectivity index (χ1n) is 5.68. The second-order valence-corrected chi connectivity index (χ2v) is 4.42. The fourth-order valence-corrected chi connectivity index (χ4v) is 2.47. The van der Waals surface area contributed by atoms with Crippen molar-refractivity contribution in [2.45, 2.75) is 31.7 Å². The molecule has 1 aromatic carbocycles. The molecule has 16 heavy (non-hydrogen) atoms. The van der Waals surface area contributed by atoms with Crippen LogP contribution in [0.5, 0.6) is 11.5 Å². The van der Waals surface area contributed by atoms with Crippen molar-refractivity contribution in [2.75, 3.05) is 14.2 Å². The van der Waals surface area contributed by atoms with E-state index in [9.17, 15) is 0 Å². The maximum absolute atomic E-state index is 6.14. The van der Waals surface area contributed by atoms with E-state index in [1.54, 1.807) is 14.2 Å². The van der Waals surface area contributed by atoms with E-state index in [0.29, 0.717) is 5.92 Å². The van der Waals surface area contributed by atoms with Gasteiger partial charge < -0.3 is 15.2 Å². The molecule has 1 aromatic rings. The van der Waals surface area contributed by atoms with Crippen LogP contribution in [0.4, 0.5) is 0 Å². The SMILES string of the molecule is COc1cc(OC)c2c(c1)[C@H](N)CCC2C. The maximum atomic E-state index is 6.14. The largest absolute Gasteiger partial charge is 0.497 e. The van der Waals surface area contributed by atoms with Crippen molar-refractivity contribution in [3.63, 3.8) is 0 Å². The average Bonchev–Trinajstić information content (AvgIpc) is 2.32. The Morgan fingerprint density at radius 1 is 1.19 bits per heavy atom. The summed E-state index contributed by atoms with van der Waals surface area (Å²) in [7, 11) is 3.36. The summed E-state index contributed by atoms with van der Waals surface area (Å²) in [6, 6.07) is 4.08. The Hall–Kier alpha value is -1.22. The van der Waals surface area contributed by atoms with Crippen molar-refractivity contribution >= 4 is 0 Å². The summed E-state index contributed by atoms with van der Waals surface area (Å²) in [4.78, 5) is 0. The fraction of sp³-hybridized carbons (Fsp3) is 0.538. The Bertz CT molecular complexity index is 390. The van der Waals surface area contributed by atoms with E-state index < -0.39 is 0 Å². The fourth-order valence-electron chi connectivity index (χ4n) is 2.47. The molecule has 2 atom stereocenters. The maximum Gasteiger partial charge on any atom is 0.126 e. The third-order valence-electron chi connectivity index (χ3n) is 3.41. The summed E-state index contributed by atoms with van der Waals surface area (Å²) in [5, 5.41) is 0. The van der Waals surface area contributed by atoms with Crippen LogP contribution in [0.3, 0.4) is 0 Å². The molecule has 0 bridgehead atoms. The van der Waals surface area contributed by atoms with Crippen molar-refractivity contribution in [3.8, 4) is 11.5 Å². The molecule has 0 heterocycles. The lowest BCUT2D eigenvalue weighted by atomic mass is 9.80. The van der Waals surface area contributed by atoms with Gasteiger partial charge in [-0.15, -0.1) is 0 Å². The predicted molar refractivity (Wildman–Crippen MR) is 64.1 cm³/mol. The second kappa shape index (κ2) is 4.34. The van der Waals surface area contributed by atoms with Crippen LogP contribution in [-0.4, -0.2) is 14.2 Å². The van der Waals surface area contributed by atoms with Gasteiger partial charge in [-0.2, -0.15) is 0 Å². The lowest BCUT2D eigenvalue weighted by molar-refractivity contribution is 0.379. The molecule has 0 radical (unpaired) electrons. The van der Waals surface area contributed by atoms with Crippen LogP contribution >= 0.6 is 0 Å². The molecular weight excluding hydrogens is 202 g/mol. The zero-order chi connectivity index (χ0) is 11.7. The normalized spacial score (nSPS) is 23.8. The van der Waals surface area contributed by atoms with Gasteiger partial charge in [-0.05, 0) is 30.4 Å². The first-order valence-corrected chi connectivity index (χ1v) is 5.68. The van der Waals surface area contributed by atoms with Gasteiger partial charge in [0.15, 0.2) is 0 Å². The van der Waals surface area contributed by atoms with Crippen molar-refractivity contribution in [1.29, 1.82) is 0 Å². The quantitative estimate of drug-likeness (QED) is 0.834. The zero-order valence-corrected chi connectivity index (χ0v) is 10.1. The molecule has 3 nitrogen and oxygen atoms in total. The Balaban J connectivity index is 2.58. The van der Waals surface area contributed by atoms with E-state index in [4.69, 9.17) is 15.2 Å². The van der Waals surface area contributed by atoms with E-state index in [1.807, 2.05) is 12.1 Å². The van der Waals surface area contributed by atoms with Crippen molar-refractivity contribution in [1.82, 2.24) is 0 Å². The van der Waals surface area contributed by atoms with E-state index in [0.717, 1.165) is 24.3 Å². The van der Waals surface area contributed by atoms with Crippen molar-refractivity contribution in [2.24, 2.45) is 5.73 Å². The number of benzene rings is 1. The van der Waals surface area contributed by atoms with Crippen LogP contribution in [0.25, 0.3) is 0 Å². The van der Waals surface area contributed by atoms with Gasteiger partial charge in [0, 0.05) is 17.7 Å². The Morgan fingerprint density at radius 2 is 1.94 bits per heavy atom. The highest BCUT2D eigenvalue weighted by molar-refractivity contribution is 5.50. The number of nitrogens with two attached hydrogens (primary N) is 1. The highest BCUT2D eigenvalue weighted by atomic mass is 16.5.